The summed E-state index contributed by atoms with van der Waals surface area (Å²) >= 11 is 0. The molecule has 2 aliphatic heterocycles. The summed E-state index contributed by atoms with van der Waals surface area (Å²) in [5.74, 6) is -0.0112. The number of fused-ring (bicyclic) bond motifs is 1. The molecule has 11 heteroatoms. The van der Waals surface area contributed by atoms with E-state index in [1.165, 1.54) is 33.4 Å². The molecule has 3 aromatic rings. The molecule has 1 amide bonds. The molecular weight excluding hydrogens is 459 g/mol. The fourth-order valence-corrected chi connectivity index (χ4v) is 4.91. The van der Waals surface area contributed by atoms with Gasteiger partial charge in [0.15, 0.2) is 11.3 Å². The largest absolute Gasteiger partial charge is 0.348 e. The van der Waals surface area contributed by atoms with Gasteiger partial charge in [-0.1, -0.05) is 12.1 Å². The molecule has 176 valence electrons. The maximum Gasteiger partial charge on any atom is 0.276 e. The van der Waals surface area contributed by atoms with Crippen LogP contribution in [-0.4, -0.2) is 52.6 Å². The summed E-state index contributed by atoms with van der Waals surface area (Å²) in [7, 11) is -3.35. The molecule has 0 unspecified atom stereocenters. The van der Waals surface area contributed by atoms with Crippen molar-refractivity contribution in [1.82, 2.24) is 24.2 Å². The van der Waals surface area contributed by atoms with E-state index in [-0.39, 0.29) is 24.1 Å². The van der Waals surface area contributed by atoms with Crippen LogP contribution < -0.4 is 10.2 Å². The van der Waals surface area contributed by atoms with E-state index in [2.05, 4.69) is 20.3 Å². The van der Waals surface area contributed by atoms with Gasteiger partial charge in [0.05, 0.1) is 25.0 Å². The van der Waals surface area contributed by atoms with Crippen LogP contribution in [0.2, 0.25) is 0 Å². The Balaban J connectivity index is 1.39. The second kappa shape index (κ2) is 8.56. The Morgan fingerprint density at radius 3 is 2.82 bits per heavy atom. The summed E-state index contributed by atoms with van der Waals surface area (Å²) in [5.41, 5.74) is 2.15. The lowest BCUT2D eigenvalue weighted by atomic mass is 10.0. The van der Waals surface area contributed by atoms with Gasteiger partial charge in [0, 0.05) is 18.4 Å². The van der Waals surface area contributed by atoms with Crippen molar-refractivity contribution in [2.75, 3.05) is 24.2 Å². The first-order valence-electron chi connectivity index (χ1n) is 10.8. The number of halogens is 1. The lowest BCUT2D eigenvalue weighted by molar-refractivity contribution is 0.0960. The number of hydrogen-bond acceptors (Lipinski definition) is 6. The number of rotatable bonds is 5. The zero-order chi connectivity index (χ0) is 23.9. The predicted molar refractivity (Wildman–Crippen MR) is 125 cm³/mol. The first-order chi connectivity index (χ1) is 16.3. The lowest BCUT2D eigenvalue weighted by Crippen LogP contribution is -2.30. The minimum absolute atomic E-state index is 0.00299. The summed E-state index contributed by atoms with van der Waals surface area (Å²) in [6, 6.07) is 10.2. The first kappa shape index (κ1) is 22.1. The van der Waals surface area contributed by atoms with Crippen LogP contribution >= 0.6 is 0 Å². The Hall–Kier alpha value is -3.73. The predicted octanol–water partition coefficient (Wildman–Crippen LogP) is 2.61. The number of amides is 1. The molecule has 34 heavy (non-hydrogen) atoms. The minimum Gasteiger partial charge on any atom is -0.348 e. The van der Waals surface area contributed by atoms with Crippen LogP contribution in [0.25, 0.3) is 5.65 Å². The summed E-state index contributed by atoms with van der Waals surface area (Å²) in [4.78, 5) is 19.3. The normalized spacial score (nSPS) is 18.4. The van der Waals surface area contributed by atoms with Crippen molar-refractivity contribution >= 4 is 27.4 Å². The molecule has 0 radical (unpaired) electrons. The quantitative estimate of drug-likeness (QED) is 0.600. The molecule has 0 spiro atoms. The number of aromatic nitrogens is 3. The van der Waals surface area contributed by atoms with Crippen LogP contribution in [0.3, 0.4) is 0 Å². The third-order valence-corrected chi connectivity index (χ3v) is 7.08. The van der Waals surface area contributed by atoms with Gasteiger partial charge >= 0.3 is 0 Å². The van der Waals surface area contributed by atoms with E-state index in [1.807, 2.05) is 12.1 Å². The van der Waals surface area contributed by atoms with Crippen molar-refractivity contribution in [2.24, 2.45) is 0 Å². The minimum atomic E-state index is -3.35. The summed E-state index contributed by atoms with van der Waals surface area (Å²) in [6.45, 7) is 0.904. The topological polar surface area (TPSA) is 99.9 Å². The standard InChI is InChI=1S/C23H23FN6O3S/c1-34(32,33)28-12-9-18(10-13-28)26-23(31)20-15-25-21-7-8-22(27-30(20)21)29-11-3-6-19(29)16-4-2-5-17(24)14-16/h2,4-5,7-10,12,14-15,19H,3,6,11,13H2,1H3,(H,26,31)/t19-/m1/s1. The van der Waals surface area contributed by atoms with Crippen LogP contribution in [0, 0.1) is 5.82 Å². The van der Waals surface area contributed by atoms with Gasteiger partial charge in [-0.3, -0.25) is 9.10 Å². The number of nitrogens with one attached hydrogen (secondary N) is 1. The maximum atomic E-state index is 13.8. The second-order valence-electron chi connectivity index (χ2n) is 8.27. The average molecular weight is 483 g/mol. The highest BCUT2D eigenvalue weighted by molar-refractivity contribution is 7.88. The number of allylic oxidation sites excluding steroid dienone is 1. The van der Waals surface area contributed by atoms with Gasteiger partial charge in [0.2, 0.25) is 10.0 Å². The zero-order valence-corrected chi connectivity index (χ0v) is 19.2. The lowest BCUT2D eigenvalue weighted by Gasteiger charge is -2.26. The number of imidazole rings is 1. The fourth-order valence-electron chi connectivity index (χ4n) is 4.29. The molecule has 1 saturated heterocycles. The molecule has 2 aromatic heterocycles. The van der Waals surface area contributed by atoms with E-state index in [9.17, 15) is 17.6 Å². The highest BCUT2D eigenvalue weighted by Crippen LogP contribution is 2.35. The van der Waals surface area contributed by atoms with Gasteiger partial charge in [0.1, 0.15) is 11.6 Å². The summed E-state index contributed by atoms with van der Waals surface area (Å²) < 4.78 is 39.7. The number of sulfonamides is 1. The Morgan fingerprint density at radius 1 is 1.24 bits per heavy atom. The van der Waals surface area contributed by atoms with Gasteiger partial charge in [-0.05, 0) is 54.8 Å². The van der Waals surface area contributed by atoms with Gasteiger partial charge in [-0.25, -0.2) is 22.3 Å². The summed E-state index contributed by atoms with van der Waals surface area (Å²) in [6.07, 6.45) is 8.96. The molecule has 9 nitrogen and oxygen atoms in total. The molecule has 2 aliphatic rings. The fraction of sp³-hybridized carbons (Fsp3) is 0.261. The van der Waals surface area contributed by atoms with Crippen molar-refractivity contribution in [3.05, 3.63) is 83.7 Å². The third kappa shape index (κ3) is 4.26. The van der Waals surface area contributed by atoms with Gasteiger partial charge < -0.3 is 10.2 Å². The van der Waals surface area contributed by atoms with E-state index < -0.39 is 15.9 Å². The Bertz CT molecular complexity index is 1430. The van der Waals surface area contributed by atoms with E-state index in [0.717, 1.165) is 31.2 Å². The van der Waals surface area contributed by atoms with E-state index in [4.69, 9.17) is 0 Å². The summed E-state index contributed by atoms with van der Waals surface area (Å²) in [5, 5.41) is 7.45. The number of anilines is 1. The smallest absolute Gasteiger partial charge is 0.276 e. The van der Waals surface area contributed by atoms with Gasteiger partial charge in [0.25, 0.3) is 5.91 Å². The van der Waals surface area contributed by atoms with E-state index in [0.29, 0.717) is 17.2 Å². The highest BCUT2D eigenvalue weighted by atomic mass is 32.2. The number of benzene rings is 1. The molecule has 5 rings (SSSR count). The van der Waals surface area contributed by atoms with E-state index >= 15 is 0 Å². The van der Waals surface area contributed by atoms with Crippen molar-refractivity contribution in [3.8, 4) is 0 Å². The van der Waals surface area contributed by atoms with Crippen LogP contribution in [0.15, 0.2) is 66.6 Å². The Labute approximate surface area is 196 Å². The molecular formula is C23H23FN6O3S. The molecule has 1 aromatic carbocycles. The number of hydrogen-bond donors (Lipinski definition) is 1. The molecule has 0 saturated carbocycles. The van der Waals surface area contributed by atoms with Crippen molar-refractivity contribution in [1.29, 1.82) is 0 Å². The monoisotopic (exact) mass is 482 g/mol. The molecule has 0 aliphatic carbocycles. The molecule has 1 atom stereocenters. The van der Waals surface area contributed by atoms with Crippen LogP contribution in [0.5, 0.6) is 0 Å². The second-order valence-corrected chi connectivity index (χ2v) is 10.2. The average Bonchev–Trinajstić information content (AvgIpc) is 3.46. The van der Waals surface area contributed by atoms with Crippen LogP contribution in [0.4, 0.5) is 10.2 Å². The maximum absolute atomic E-state index is 13.8. The number of carbonyl (C=O) groups excluding carboxylic acids is 1. The molecule has 0 bridgehead atoms. The molecule has 1 N–H and O–H groups in total. The van der Waals surface area contributed by atoms with Crippen molar-refractivity contribution < 1.29 is 17.6 Å². The van der Waals surface area contributed by atoms with Gasteiger partial charge in [-0.2, -0.15) is 0 Å². The number of nitrogens with zero attached hydrogens (tertiary/aromatic N) is 5. The Morgan fingerprint density at radius 2 is 2.09 bits per heavy atom. The van der Waals surface area contributed by atoms with Crippen molar-refractivity contribution in [2.45, 2.75) is 18.9 Å². The first-order valence-corrected chi connectivity index (χ1v) is 12.7. The van der Waals surface area contributed by atoms with Crippen LogP contribution in [0.1, 0.15) is 34.9 Å². The third-order valence-electron chi connectivity index (χ3n) is 5.96. The Kier molecular flexibility index (Phi) is 5.56. The van der Waals surface area contributed by atoms with Gasteiger partial charge in [-0.15, -0.1) is 5.10 Å². The van der Waals surface area contributed by atoms with E-state index in [1.54, 1.807) is 24.3 Å². The SMILES string of the molecule is CS(=O)(=O)N1C=CC(NC(=O)c2cnc3ccc(N4CCC[C@@H]4c4cccc(F)c4)nn23)=CC1. The molecule has 1 fully saturated rings. The van der Waals surface area contributed by atoms with Crippen LogP contribution in [-0.2, 0) is 10.0 Å². The zero-order valence-electron chi connectivity index (χ0n) is 18.4. The number of carbonyl (C=O) groups is 1. The molecule has 4 heterocycles. The van der Waals surface area contributed by atoms with Crippen molar-refractivity contribution in [3.63, 3.8) is 0 Å². The highest BCUT2D eigenvalue weighted by Gasteiger charge is 2.28.